The highest BCUT2D eigenvalue weighted by atomic mass is 16.4. The number of benzene rings is 1. The molecule has 0 amide bonds. The first kappa shape index (κ1) is 25.6. The fourth-order valence-corrected chi connectivity index (χ4v) is 5.86. The largest absolute Gasteiger partial charge is 0.481 e. The number of aryl methyl sites for hydroxylation is 1. The summed E-state index contributed by atoms with van der Waals surface area (Å²) in [5.74, 6) is -0.724. The highest BCUT2D eigenvalue weighted by Crippen LogP contribution is 2.42. The van der Waals surface area contributed by atoms with Crippen molar-refractivity contribution in [3.8, 4) is 22.5 Å². The zero-order valence-corrected chi connectivity index (χ0v) is 21.7. The van der Waals surface area contributed by atoms with E-state index in [4.69, 9.17) is 0 Å². The SMILES string of the molecule is CCCCc1cn(C2C(CC)CCC2C(=O)O)c(=O)n1Cc1cnccc1-c1ccccc1-c1nn[nH]n1. The van der Waals surface area contributed by atoms with Crippen LogP contribution in [0.1, 0.15) is 63.3 Å². The van der Waals surface area contributed by atoms with Crippen LogP contribution in [0.2, 0.25) is 0 Å². The molecule has 4 aromatic rings. The molecule has 1 saturated carbocycles. The molecule has 1 aliphatic rings. The number of nitrogens with one attached hydrogen (secondary N) is 1. The predicted molar refractivity (Wildman–Crippen MR) is 142 cm³/mol. The number of carbonyl (C=O) groups is 1. The summed E-state index contributed by atoms with van der Waals surface area (Å²) in [5, 5.41) is 24.5. The van der Waals surface area contributed by atoms with E-state index in [1.807, 2.05) is 36.5 Å². The van der Waals surface area contributed by atoms with E-state index in [1.165, 1.54) is 0 Å². The molecule has 1 aliphatic carbocycles. The fraction of sp³-hybridized carbons (Fsp3) is 0.429. The van der Waals surface area contributed by atoms with E-state index in [2.05, 4.69) is 39.5 Å². The Morgan fingerprint density at radius 3 is 2.66 bits per heavy atom. The van der Waals surface area contributed by atoms with Gasteiger partial charge >= 0.3 is 11.7 Å². The summed E-state index contributed by atoms with van der Waals surface area (Å²) >= 11 is 0. The van der Waals surface area contributed by atoms with Crippen LogP contribution in [0, 0.1) is 11.8 Å². The topological polar surface area (TPSA) is 132 Å². The lowest BCUT2D eigenvalue weighted by Crippen LogP contribution is -2.34. The van der Waals surface area contributed by atoms with Crippen molar-refractivity contribution in [2.75, 3.05) is 0 Å². The molecule has 198 valence electrons. The van der Waals surface area contributed by atoms with Crippen molar-refractivity contribution in [1.29, 1.82) is 0 Å². The minimum atomic E-state index is -0.826. The second kappa shape index (κ2) is 11.1. The van der Waals surface area contributed by atoms with Crippen LogP contribution < -0.4 is 5.69 Å². The standard InChI is InChI=1S/C28H33N7O3/c1-3-5-8-20-17-35(25-18(4-2)11-12-24(25)27(36)37)28(38)34(20)16-19-15-29-14-13-21(19)22-9-6-7-10-23(22)26-30-32-33-31-26/h6-7,9-10,13-15,17-18,24-25H,3-5,8,11-12,16H2,1-2H3,(H,36,37)(H,30,31,32,33). The smallest absolute Gasteiger partial charge is 0.328 e. The number of hydrogen-bond donors (Lipinski definition) is 2. The molecule has 1 aromatic carbocycles. The van der Waals surface area contributed by atoms with E-state index >= 15 is 0 Å². The zero-order chi connectivity index (χ0) is 26.6. The van der Waals surface area contributed by atoms with Crippen molar-refractivity contribution in [3.05, 3.63) is 70.7 Å². The Hall–Kier alpha value is -4.08. The molecule has 0 bridgehead atoms. The van der Waals surface area contributed by atoms with Crippen LogP contribution in [-0.4, -0.2) is 45.8 Å². The van der Waals surface area contributed by atoms with Gasteiger partial charge in [-0.3, -0.25) is 18.9 Å². The number of aromatic amines is 1. The van der Waals surface area contributed by atoms with Crippen molar-refractivity contribution in [2.45, 2.75) is 65.0 Å². The lowest BCUT2D eigenvalue weighted by Gasteiger charge is -2.22. The normalized spacial score (nSPS) is 19.2. The van der Waals surface area contributed by atoms with Gasteiger partial charge in [0.05, 0.1) is 18.5 Å². The lowest BCUT2D eigenvalue weighted by atomic mass is 9.95. The highest BCUT2D eigenvalue weighted by Gasteiger charge is 2.41. The Morgan fingerprint density at radius 2 is 1.95 bits per heavy atom. The third kappa shape index (κ3) is 4.78. The van der Waals surface area contributed by atoms with E-state index in [0.29, 0.717) is 18.8 Å². The second-order valence-electron chi connectivity index (χ2n) is 9.99. The molecule has 0 saturated heterocycles. The van der Waals surface area contributed by atoms with E-state index < -0.39 is 11.9 Å². The maximum absolute atomic E-state index is 14.0. The van der Waals surface area contributed by atoms with Gasteiger partial charge < -0.3 is 5.11 Å². The number of aromatic nitrogens is 7. The minimum Gasteiger partial charge on any atom is -0.481 e. The number of unbranched alkanes of at least 4 members (excludes halogenated alkanes) is 1. The van der Waals surface area contributed by atoms with E-state index in [-0.39, 0.29) is 17.6 Å². The van der Waals surface area contributed by atoms with Crippen molar-refractivity contribution in [3.63, 3.8) is 0 Å². The van der Waals surface area contributed by atoms with Gasteiger partial charge in [-0.15, -0.1) is 10.2 Å². The fourth-order valence-electron chi connectivity index (χ4n) is 5.86. The molecule has 3 heterocycles. The minimum absolute atomic E-state index is 0.158. The summed E-state index contributed by atoms with van der Waals surface area (Å²) < 4.78 is 3.52. The number of nitrogens with zero attached hydrogens (tertiary/aromatic N) is 6. The van der Waals surface area contributed by atoms with Gasteiger partial charge in [-0.1, -0.05) is 51.0 Å². The van der Waals surface area contributed by atoms with Crippen molar-refractivity contribution in [1.82, 2.24) is 34.7 Å². The third-order valence-corrected chi connectivity index (χ3v) is 7.82. The molecule has 3 unspecified atom stereocenters. The Kier molecular flexibility index (Phi) is 7.48. The van der Waals surface area contributed by atoms with Crippen LogP contribution in [0.25, 0.3) is 22.5 Å². The summed E-state index contributed by atoms with van der Waals surface area (Å²) in [7, 11) is 0. The van der Waals surface area contributed by atoms with Gasteiger partial charge in [0.1, 0.15) is 0 Å². The summed E-state index contributed by atoms with van der Waals surface area (Å²) in [6.45, 7) is 4.53. The number of carboxylic acids is 1. The Bertz CT molecular complexity index is 1460. The number of imidazole rings is 1. The summed E-state index contributed by atoms with van der Waals surface area (Å²) in [6, 6.07) is 9.42. The van der Waals surface area contributed by atoms with Gasteiger partial charge in [-0.2, -0.15) is 5.21 Å². The second-order valence-corrected chi connectivity index (χ2v) is 9.99. The van der Waals surface area contributed by atoms with Gasteiger partial charge in [-0.05, 0) is 59.6 Å². The Labute approximate surface area is 220 Å². The Morgan fingerprint density at radius 1 is 1.13 bits per heavy atom. The van der Waals surface area contributed by atoms with Crippen LogP contribution in [0.15, 0.2) is 53.7 Å². The Balaban J connectivity index is 1.59. The number of rotatable bonds is 10. The number of carboxylic acid groups (broad SMARTS) is 1. The van der Waals surface area contributed by atoms with Crippen molar-refractivity contribution >= 4 is 5.97 Å². The maximum Gasteiger partial charge on any atom is 0.328 e. The van der Waals surface area contributed by atoms with E-state index in [0.717, 1.165) is 60.1 Å². The summed E-state index contributed by atoms with van der Waals surface area (Å²) in [4.78, 5) is 30.4. The van der Waals surface area contributed by atoms with Gasteiger partial charge in [0, 0.05) is 29.8 Å². The monoisotopic (exact) mass is 515 g/mol. The molecule has 3 atom stereocenters. The van der Waals surface area contributed by atoms with Crippen LogP contribution in [0.5, 0.6) is 0 Å². The quantitative estimate of drug-likeness (QED) is 0.321. The molecule has 10 heteroatoms. The highest BCUT2D eigenvalue weighted by molar-refractivity contribution is 5.81. The molecule has 0 aliphatic heterocycles. The first-order valence-electron chi connectivity index (χ1n) is 13.3. The predicted octanol–water partition coefficient (Wildman–Crippen LogP) is 4.34. The van der Waals surface area contributed by atoms with Crippen LogP contribution >= 0.6 is 0 Å². The first-order chi connectivity index (χ1) is 18.5. The summed E-state index contributed by atoms with van der Waals surface area (Å²) in [6.07, 6.45) is 10.4. The third-order valence-electron chi connectivity index (χ3n) is 7.82. The zero-order valence-electron chi connectivity index (χ0n) is 21.7. The molecular formula is C28H33N7O3. The van der Waals surface area contributed by atoms with Gasteiger partial charge in [0.15, 0.2) is 0 Å². The summed E-state index contributed by atoms with van der Waals surface area (Å²) in [5.41, 5.74) is 4.32. The van der Waals surface area contributed by atoms with Gasteiger partial charge in [0.25, 0.3) is 0 Å². The van der Waals surface area contributed by atoms with E-state index in [1.54, 1.807) is 21.5 Å². The number of pyridine rings is 1. The number of H-pyrrole nitrogens is 1. The van der Waals surface area contributed by atoms with E-state index in [9.17, 15) is 14.7 Å². The molecule has 10 nitrogen and oxygen atoms in total. The molecule has 0 spiro atoms. The lowest BCUT2D eigenvalue weighted by molar-refractivity contribution is -0.142. The number of hydrogen-bond acceptors (Lipinski definition) is 6. The first-order valence-corrected chi connectivity index (χ1v) is 13.3. The average molecular weight is 516 g/mol. The average Bonchev–Trinajstić information content (AvgIpc) is 3.68. The van der Waals surface area contributed by atoms with Crippen molar-refractivity contribution < 1.29 is 9.90 Å². The molecule has 2 N–H and O–H groups in total. The molecule has 0 radical (unpaired) electrons. The van der Waals surface area contributed by atoms with Crippen LogP contribution in [0.3, 0.4) is 0 Å². The van der Waals surface area contributed by atoms with Gasteiger partial charge in [-0.25, -0.2) is 4.79 Å². The van der Waals surface area contributed by atoms with Crippen molar-refractivity contribution in [2.24, 2.45) is 11.8 Å². The molecule has 1 fully saturated rings. The van der Waals surface area contributed by atoms with Crippen LogP contribution in [0.4, 0.5) is 0 Å². The number of tetrazole rings is 1. The van der Waals surface area contributed by atoms with Crippen LogP contribution in [-0.2, 0) is 17.8 Å². The molecule has 5 rings (SSSR count). The van der Waals surface area contributed by atoms with Gasteiger partial charge in [0.2, 0.25) is 5.82 Å². The molecule has 38 heavy (non-hydrogen) atoms. The maximum atomic E-state index is 14.0. The number of aliphatic carboxylic acids is 1. The molecule has 3 aromatic heterocycles. The molecular weight excluding hydrogens is 482 g/mol.